The predicted octanol–water partition coefficient (Wildman–Crippen LogP) is 3.70. The zero-order valence-corrected chi connectivity index (χ0v) is 14.0. The third-order valence-electron chi connectivity index (χ3n) is 6.01. The number of ether oxygens (including phenoxy) is 1. The smallest absolute Gasteiger partial charge is 0.0783 e. The maximum Gasteiger partial charge on any atom is 0.0783 e. The molecule has 1 aliphatic carbocycles. The molecular weight excluding hydrogens is 266 g/mol. The van der Waals surface area contributed by atoms with Gasteiger partial charge in [-0.25, -0.2) is 0 Å². The Morgan fingerprint density at radius 1 is 1.15 bits per heavy atom. The fraction of sp³-hybridized carbons (Fsp3) is 1.00. The average molecular weight is 298 g/mol. The Morgan fingerprint density at radius 2 is 1.95 bits per heavy atom. The van der Waals surface area contributed by atoms with E-state index in [2.05, 4.69) is 31.1 Å². The van der Waals surface area contributed by atoms with Crippen molar-refractivity contribution in [2.75, 3.05) is 25.2 Å². The molecule has 3 fully saturated rings. The molecule has 1 saturated carbocycles. The molecule has 2 heterocycles. The normalized spacial score (nSPS) is 43.8. The van der Waals surface area contributed by atoms with Crippen LogP contribution in [0.4, 0.5) is 0 Å². The Balaban J connectivity index is 1.63. The van der Waals surface area contributed by atoms with Gasteiger partial charge in [-0.15, -0.1) is 0 Å². The van der Waals surface area contributed by atoms with E-state index in [-0.39, 0.29) is 5.60 Å². The minimum Gasteiger partial charge on any atom is -0.374 e. The van der Waals surface area contributed by atoms with Gasteiger partial charge in [-0.05, 0) is 62.7 Å². The van der Waals surface area contributed by atoms with Crippen molar-refractivity contribution in [3.8, 4) is 0 Å². The summed E-state index contributed by atoms with van der Waals surface area (Å²) in [5.41, 5.74) is 0.241. The topological polar surface area (TPSA) is 21.3 Å². The zero-order chi connectivity index (χ0) is 14.0. The first-order valence-corrected chi connectivity index (χ1v) is 9.77. The van der Waals surface area contributed by atoms with Crippen molar-refractivity contribution < 1.29 is 4.74 Å². The van der Waals surface area contributed by atoms with Gasteiger partial charge in [0.15, 0.2) is 0 Å². The van der Waals surface area contributed by atoms with E-state index >= 15 is 0 Å². The number of nitrogens with one attached hydrogen (secondary N) is 1. The van der Waals surface area contributed by atoms with Crippen LogP contribution in [0.3, 0.4) is 0 Å². The second kappa shape index (κ2) is 6.58. The second-order valence-electron chi connectivity index (χ2n) is 7.42. The van der Waals surface area contributed by atoms with Gasteiger partial charge in [0.1, 0.15) is 0 Å². The van der Waals surface area contributed by atoms with Crippen LogP contribution < -0.4 is 5.32 Å². The number of thioether (sulfide) groups is 1. The first kappa shape index (κ1) is 15.2. The number of hydrogen-bond donors (Lipinski definition) is 1. The SMILES string of the molecule is CNC(C1CCC(C)CC1)C1CCOC2(CCSC2)C1. The molecule has 2 saturated heterocycles. The molecule has 1 N–H and O–H groups in total. The van der Waals surface area contributed by atoms with Gasteiger partial charge in [0.2, 0.25) is 0 Å². The maximum atomic E-state index is 6.21. The van der Waals surface area contributed by atoms with Crippen molar-refractivity contribution in [3.05, 3.63) is 0 Å². The van der Waals surface area contributed by atoms with Crippen LogP contribution in [0, 0.1) is 17.8 Å². The molecular formula is C17H31NOS. The summed E-state index contributed by atoms with van der Waals surface area (Å²) < 4.78 is 6.21. The lowest BCUT2D eigenvalue weighted by atomic mass is 9.71. The molecule has 3 rings (SSSR count). The molecule has 0 bridgehead atoms. The monoisotopic (exact) mass is 297 g/mol. The molecule has 1 spiro atoms. The summed E-state index contributed by atoms with van der Waals surface area (Å²) in [5, 5.41) is 3.70. The van der Waals surface area contributed by atoms with Crippen molar-refractivity contribution in [1.29, 1.82) is 0 Å². The van der Waals surface area contributed by atoms with E-state index in [1.807, 2.05) is 0 Å². The Bertz CT molecular complexity index is 308. The van der Waals surface area contributed by atoms with E-state index < -0.39 is 0 Å². The largest absolute Gasteiger partial charge is 0.374 e. The van der Waals surface area contributed by atoms with E-state index in [4.69, 9.17) is 4.74 Å². The molecule has 2 aliphatic heterocycles. The van der Waals surface area contributed by atoms with Crippen LogP contribution in [0.15, 0.2) is 0 Å². The Morgan fingerprint density at radius 3 is 2.60 bits per heavy atom. The lowest BCUT2D eigenvalue weighted by molar-refractivity contribution is -0.0891. The van der Waals surface area contributed by atoms with Gasteiger partial charge in [0.25, 0.3) is 0 Å². The fourth-order valence-electron chi connectivity index (χ4n) is 4.74. The number of hydrogen-bond acceptors (Lipinski definition) is 3. The van der Waals surface area contributed by atoms with E-state index in [1.54, 1.807) is 0 Å². The Labute approximate surface area is 128 Å². The summed E-state index contributed by atoms with van der Waals surface area (Å²) in [6.07, 6.45) is 9.60. The fourth-order valence-corrected chi connectivity index (χ4v) is 6.11. The van der Waals surface area contributed by atoms with Crippen LogP contribution >= 0.6 is 11.8 Å². The minimum atomic E-state index is 0.241. The van der Waals surface area contributed by atoms with Gasteiger partial charge in [-0.2, -0.15) is 11.8 Å². The van der Waals surface area contributed by atoms with E-state index in [1.165, 1.54) is 56.5 Å². The first-order chi connectivity index (χ1) is 9.72. The second-order valence-corrected chi connectivity index (χ2v) is 8.53. The highest BCUT2D eigenvalue weighted by Gasteiger charge is 2.43. The third kappa shape index (κ3) is 3.20. The predicted molar refractivity (Wildman–Crippen MR) is 87.3 cm³/mol. The van der Waals surface area contributed by atoms with Crippen LogP contribution in [0.5, 0.6) is 0 Å². The summed E-state index contributed by atoms with van der Waals surface area (Å²) in [7, 11) is 2.19. The molecule has 3 heteroatoms. The van der Waals surface area contributed by atoms with Crippen LogP contribution in [0.2, 0.25) is 0 Å². The molecule has 0 aromatic rings. The van der Waals surface area contributed by atoms with Gasteiger partial charge in [-0.3, -0.25) is 0 Å². The van der Waals surface area contributed by atoms with Crippen molar-refractivity contribution in [3.63, 3.8) is 0 Å². The van der Waals surface area contributed by atoms with Crippen LogP contribution in [0.1, 0.15) is 51.9 Å². The average Bonchev–Trinajstić information content (AvgIpc) is 2.90. The van der Waals surface area contributed by atoms with Crippen molar-refractivity contribution in [2.24, 2.45) is 17.8 Å². The highest BCUT2D eigenvalue weighted by molar-refractivity contribution is 7.99. The molecule has 3 unspecified atom stereocenters. The summed E-state index contributed by atoms with van der Waals surface area (Å²) in [4.78, 5) is 0. The molecule has 20 heavy (non-hydrogen) atoms. The lowest BCUT2D eigenvalue weighted by Crippen LogP contribution is -2.49. The summed E-state index contributed by atoms with van der Waals surface area (Å²) in [5.74, 6) is 5.24. The molecule has 0 radical (unpaired) electrons. The first-order valence-electron chi connectivity index (χ1n) is 8.61. The van der Waals surface area contributed by atoms with E-state index in [0.29, 0.717) is 0 Å². The van der Waals surface area contributed by atoms with Crippen LogP contribution in [0.25, 0.3) is 0 Å². The third-order valence-corrected chi connectivity index (χ3v) is 7.23. The van der Waals surface area contributed by atoms with Crippen molar-refractivity contribution in [1.82, 2.24) is 5.32 Å². The highest BCUT2D eigenvalue weighted by atomic mass is 32.2. The summed E-state index contributed by atoms with van der Waals surface area (Å²) >= 11 is 2.09. The van der Waals surface area contributed by atoms with Gasteiger partial charge in [0.05, 0.1) is 5.60 Å². The summed E-state index contributed by atoms with van der Waals surface area (Å²) in [6, 6.07) is 0.730. The highest BCUT2D eigenvalue weighted by Crippen LogP contribution is 2.43. The molecule has 3 atom stereocenters. The van der Waals surface area contributed by atoms with Gasteiger partial charge < -0.3 is 10.1 Å². The van der Waals surface area contributed by atoms with Gasteiger partial charge in [-0.1, -0.05) is 19.8 Å². The molecule has 0 aromatic carbocycles. The van der Waals surface area contributed by atoms with E-state index in [9.17, 15) is 0 Å². The van der Waals surface area contributed by atoms with Crippen LogP contribution in [-0.4, -0.2) is 36.8 Å². The van der Waals surface area contributed by atoms with Crippen molar-refractivity contribution in [2.45, 2.75) is 63.5 Å². The zero-order valence-electron chi connectivity index (χ0n) is 13.2. The Hall–Kier alpha value is 0.270. The maximum absolute atomic E-state index is 6.21. The van der Waals surface area contributed by atoms with Gasteiger partial charge in [0, 0.05) is 18.4 Å². The Kier molecular flexibility index (Phi) is 4.99. The molecule has 0 amide bonds. The standard InChI is InChI=1S/C17H31NOS/c1-13-3-5-14(6-4-13)16(18-2)15-7-9-19-17(11-15)8-10-20-12-17/h13-16,18H,3-12H2,1-2H3. The minimum absolute atomic E-state index is 0.241. The van der Waals surface area contributed by atoms with Gasteiger partial charge >= 0.3 is 0 Å². The molecule has 116 valence electrons. The quantitative estimate of drug-likeness (QED) is 0.858. The van der Waals surface area contributed by atoms with E-state index in [0.717, 1.165) is 30.4 Å². The molecule has 2 nitrogen and oxygen atoms in total. The number of rotatable bonds is 3. The van der Waals surface area contributed by atoms with Crippen molar-refractivity contribution >= 4 is 11.8 Å². The lowest BCUT2D eigenvalue weighted by Gasteiger charge is -2.44. The molecule has 0 aromatic heterocycles. The summed E-state index contributed by atoms with van der Waals surface area (Å²) in [6.45, 7) is 3.41. The molecule has 3 aliphatic rings. The van der Waals surface area contributed by atoms with Crippen LogP contribution in [-0.2, 0) is 4.74 Å².